The predicted octanol–water partition coefficient (Wildman–Crippen LogP) is 0.862. The standard InChI is InChI=1S/C10H16BNO/c1-4-13-10-8(11)5-6-9(12-10)7(2)3/h5-7H,4,11H2,1-3H3. The molecule has 0 spiro atoms. The van der Waals surface area contributed by atoms with Crippen molar-refractivity contribution in [3.8, 4) is 5.88 Å². The van der Waals surface area contributed by atoms with Crippen molar-refractivity contribution in [2.24, 2.45) is 0 Å². The molecule has 0 fully saturated rings. The lowest BCUT2D eigenvalue weighted by molar-refractivity contribution is 0.328. The van der Waals surface area contributed by atoms with Gasteiger partial charge < -0.3 is 4.74 Å². The van der Waals surface area contributed by atoms with Gasteiger partial charge in [0.25, 0.3) is 0 Å². The van der Waals surface area contributed by atoms with E-state index in [1.54, 1.807) is 0 Å². The highest BCUT2D eigenvalue weighted by Crippen LogP contribution is 2.13. The number of pyridine rings is 1. The summed E-state index contributed by atoms with van der Waals surface area (Å²) < 4.78 is 5.42. The Morgan fingerprint density at radius 1 is 1.46 bits per heavy atom. The molecule has 2 nitrogen and oxygen atoms in total. The normalized spacial score (nSPS) is 10.5. The fourth-order valence-corrected chi connectivity index (χ4v) is 1.13. The van der Waals surface area contributed by atoms with Crippen LogP contribution in [0, 0.1) is 0 Å². The Hall–Kier alpha value is -0.985. The zero-order valence-electron chi connectivity index (χ0n) is 8.79. The Bertz CT molecular complexity index is 286. The van der Waals surface area contributed by atoms with E-state index in [1.807, 2.05) is 14.8 Å². The van der Waals surface area contributed by atoms with Crippen LogP contribution in [0.3, 0.4) is 0 Å². The van der Waals surface area contributed by atoms with Crippen LogP contribution in [0.15, 0.2) is 12.1 Å². The highest BCUT2D eigenvalue weighted by Gasteiger charge is 2.05. The number of hydrogen-bond donors (Lipinski definition) is 0. The van der Waals surface area contributed by atoms with Crippen LogP contribution >= 0.6 is 0 Å². The lowest BCUT2D eigenvalue weighted by Crippen LogP contribution is -2.12. The summed E-state index contributed by atoms with van der Waals surface area (Å²) in [7, 11) is 2.02. The number of nitrogens with zero attached hydrogens (tertiary/aromatic N) is 1. The summed E-state index contributed by atoms with van der Waals surface area (Å²) in [5.41, 5.74) is 2.19. The van der Waals surface area contributed by atoms with Gasteiger partial charge in [-0.2, -0.15) is 0 Å². The van der Waals surface area contributed by atoms with Crippen molar-refractivity contribution in [2.75, 3.05) is 6.61 Å². The summed E-state index contributed by atoms with van der Waals surface area (Å²) in [4.78, 5) is 4.44. The minimum atomic E-state index is 0.458. The molecule has 1 rings (SSSR count). The average molecular weight is 177 g/mol. The summed E-state index contributed by atoms with van der Waals surface area (Å²) in [5.74, 6) is 1.23. The van der Waals surface area contributed by atoms with Gasteiger partial charge in [-0.15, -0.1) is 0 Å². The zero-order chi connectivity index (χ0) is 9.84. The van der Waals surface area contributed by atoms with Crippen molar-refractivity contribution in [1.29, 1.82) is 0 Å². The Labute approximate surface area is 80.7 Å². The fourth-order valence-electron chi connectivity index (χ4n) is 1.13. The topological polar surface area (TPSA) is 22.1 Å². The first-order chi connectivity index (χ1) is 6.15. The average Bonchev–Trinajstić information content (AvgIpc) is 2.08. The Balaban J connectivity index is 2.97. The molecule has 0 bridgehead atoms. The molecule has 0 amide bonds. The minimum absolute atomic E-state index is 0.458. The number of aromatic nitrogens is 1. The molecular weight excluding hydrogens is 161 g/mol. The molecule has 0 radical (unpaired) electrons. The van der Waals surface area contributed by atoms with E-state index in [0.717, 1.165) is 17.0 Å². The summed E-state index contributed by atoms with van der Waals surface area (Å²) in [6, 6.07) is 4.12. The van der Waals surface area contributed by atoms with Gasteiger partial charge in [0.15, 0.2) is 0 Å². The van der Waals surface area contributed by atoms with Gasteiger partial charge in [-0.1, -0.05) is 19.9 Å². The van der Waals surface area contributed by atoms with E-state index in [2.05, 4.69) is 31.0 Å². The number of hydrogen-bond acceptors (Lipinski definition) is 2. The van der Waals surface area contributed by atoms with Gasteiger partial charge in [0.2, 0.25) is 5.88 Å². The summed E-state index contributed by atoms with van der Waals surface area (Å²) in [6.45, 7) is 6.92. The summed E-state index contributed by atoms with van der Waals surface area (Å²) >= 11 is 0. The second kappa shape index (κ2) is 4.31. The van der Waals surface area contributed by atoms with Crippen LogP contribution in [0.5, 0.6) is 5.88 Å². The lowest BCUT2D eigenvalue weighted by atomic mass is 9.96. The van der Waals surface area contributed by atoms with E-state index in [-0.39, 0.29) is 0 Å². The molecule has 3 heteroatoms. The van der Waals surface area contributed by atoms with Crippen LogP contribution in [0.25, 0.3) is 0 Å². The third-order valence-electron chi connectivity index (χ3n) is 1.94. The van der Waals surface area contributed by atoms with E-state index in [4.69, 9.17) is 4.74 Å². The maximum atomic E-state index is 5.42. The number of ether oxygens (including phenoxy) is 1. The van der Waals surface area contributed by atoms with Crippen LogP contribution in [0.2, 0.25) is 0 Å². The first-order valence-corrected chi connectivity index (χ1v) is 4.75. The Kier molecular flexibility index (Phi) is 3.35. The maximum absolute atomic E-state index is 5.42. The SMILES string of the molecule is Bc1ccc(C(C)C)nc1OCC. The Morgan fingerprint density at radius 2 is 2.15 bits per heavy atom. The molecule has 0 aliphatic rings. The quantitative estimate of drug-likeness (QED) is 0.639. The van der Waals surface area contributed by atoms with Gasteiger partial charge in [-0.05, 0) is 24.4 Å². The highest BCUT2D eigenvalue weighted by molar-refractivity contribution is 6.33. The van der Waals surface area contributed by atoms with Crippen molar-refractivity contribution in [2.45, 2.75) is 26.7 Å². The number of rotatable bonds is 3. The maximum Gasteiger partial charge on any atom is 0.206 e. The van der Waals surface area contributed by atoms with Crippen LogP contribution < -0.4 is 10.2 Å². The molecule has 1 aromatic rings. The van der Waals surface area contributed by atoms with E-state index < -0.39 is 0 Å². The lowest BCUT2D eigenvalue weighted by Gasteiger charge is -2.09. The van der Waals surface area contributed by atoms with Gasteiger partial charge in [-0.25, -0.2) is 4.98 Å². The predicted molar refractivity (Wildman–Crippen MR) is 57.7 cm³/mol. The first-order valence-electron chi connectivity index (χ1n) is 4.75. The second-order valence-corrected chi connectivity index (χ2v) is 3.45. The van der Waals surface area contributed by atoms with Crippen LogP contribution in [0.4, 0.5) is 0 Å². The van der Waals surface area contributed by atoms with Crippen molar-refractivity contribution >= 4 is 13.3 Å². The third kappa shape index (κ3) is 2.48. The second-order valence-electron chi connectivity index (χ2n) is 3.45. The molecule has 0 N–H and O–H groups in total. The summed E-state index contributed by atoms with van der Waals surface area (Å²) in [5, 5.41) is 0. The van der Waals surface area contributed by atoms with Gasteiger partial charge in [0.05, 0.1) is 6.61 Å². The van der Waals surface area contributed by atoms with Crippen LogP contribution in [-0.2, 0) is 0 Å². The fraction of sp³-hybridized carbons (Fsp3) is 0.500. The molecule has 0 atom stereocenters. The minimum Gasteiger partial charge on any atom is -0.478 e. The van der Waals surface area contributed by atoms with E-state index in [1.165, 1.54) is 0 Å². The summed E-state index contributed by atoms with van der Waals surface area (Å²) in [6.07, 6.45) is 0. The van der Waals surface area contributed by atoms with Gasteiger partial charge in [-0.3, -0.25) is 0 Å². The van der Waals surface area contributed by atoms with Crippen molar-refractivity contribution in [3.05, 3.63) is 17.8 Å². The van der Waals surface area contributed by atoms with Gasteiger partial charge in [0, 0.05) is 5.69 Å². The van der Waals surface area contributed by atoms with Crippen LogP contribution in [0.1, 0.15) is 32.4 Å². The molecular formula is C10H16BNO. The molecule has 0 aliphatic heterocycles. The van der Waals surface area contributed by atoms with Gasteiger partial charge in [0.1, 0.15) is 7.85 Å². The molecule has 0 unspecified atom stereocenters. The van der Waals surface area contributed by atoms with Crippen molar-refractivity contribution in [3.63, 3.8) is 0 Å². The first kappa shape index (κ1) is 10.1. The Morgan fingerprint density at radius 3 is 2.69 bits per heavy atom. The van der Waals surface area contributed by atoms with E-state index in [9.17, 15) is 0 Å². The van der Waals surface area contributed by atoms with Crippen LogP contribution in [-0.4, -0.2) is 19.4 Å². The van der Waals surface area contributed by atoms with E-state index in [0.29, 0.717) is 12.5 Å². The molecule has 0 aromatic carbocycles. The third-order valence-corrected chi connectivity index (χ3v) is 1.94. The molecule has 70 valence electrons. The zero-order valence-corrected chi connectivity index (χ0v) is 8.79. The largest absolute Gasteiger partial charge is 0.478 e. The molecule has 13 heavy (non-hydrogen) atoms. The molecule has 0 aliphatic carbocycles. The van der Waals surface area contributed by atoms with Gasteiger partial charge >= 0.3 is 0 Å². The van der Waals surface area contributed by atoms with Crippen molar-refractivity contribution in [1.82, 2.24) is 4.98 Å². The van der Waals surface area contributed by atoms with E-state index >= 15 is 0 Å². The highest BCUT2D eigenvalue weighted by atomic mass is 16.5. The smallest absolute Gasteiger partial charge is 0.206 e. The van der Waals surface area contributed by atoms with Crippen molar-refractivity contribution < 1.29 is 4.74 Å². The molecule has 0 saturated carbocycles. The molecule has 1 heterocycles. The monoisotopic (exact) mass is 177 g/mol. The molecule has 1 aromatic heterocycles. The molecule has 0 saturated heterocycles.